The fourth-order valence-electron chi connectivity index (χ4n) is 3.28. The van der Waals surface area contributed by atoms with Gasteiger partial charge < -0.3 is 15.5 Å². The van der Waals surface area contributed by atoms with E-state index in [-0.39, 0.29) is 0 Å². The van der Waals surface area contributed by atoms with Gasteiger partial charge in [0.2, 0.25) is 0 Å². The Balaban J connectivity index is 2.06. The van der Waals surface area contributed by atoms with Crippen molar-refractivity contribution in [2.75, 3.05) is 51.8 Å². The van der Waals surface area contributed by atoms with Gasteiger partial charge in [-0.05, 0) is 56.1 Å². The Labute approximate surface area is 141 Å². The van der Waals surface area contributed by atoms with Gasteiger partial charge in [-0.1, -0.05) is 13.8 Å². The molecule has 0 amide bonds. The quantitative estimate of drug-likeness (QED) is 0.388. The third-order valence-corrected chi connectivity index (χ3v) is 4.88. The van der Waals surface area contributed by atoms with Gasteiger partial charge in [0.05, 0.1) is 0 Å². The van der Waals surface area contributed by atoms with Crippen molar-refractivity contribution in [2.24, 2.45) is 16.8 Å². The van der Waals surface area contributed by atoms with Gasteiger partial charge in [0.25, 0.3) is 0 Å². The molecule has 0 aromatic rings. The first-order valence-corrected chi connectivity index (χ1v) is 10.2. The number of hydrogen-bond acceptors (Lipinski definition) is 3. The molecule has 2 N–H and O–H groups in total. The number of piperidine rings is 1. The average Bonchev–Trinajstić information content (AvgIpc) is 2.48. The normalized spacial score (nSPS) is 23.5. The van der Waals surface area contributed by atoms with Crippen LogP contribution in [0.1, 0.15) is 39.5 Å². The highest BCUT2D eigenvalue weighted by Gasteiger charge is 2.20. The molecule has 130 valence electrons. The smallest absolute Gasteiger partial charge is 0.190 e. The Bertz CT molecular complexity index is 299. The van der Waals surface area contributed by atoms with Crippen molar-refractivity contribution in [1.29, 1.82) is 0 Å². The Morgan fingerprint density at radius 1 is 1.09 bits per heavy atom. The average molecular weight is 329 g/mol. The summed E-state index contributed by atoms with van der Waals surface area (Å²) in [5, 5.41) is 6.83. The van der Waals surface area contributed by atoms with Crippen molar-refractivity contribution in [3.05, 3.63) is 0 Å². The Morgan fingerprint density at radius 2 is 1.73 bits per heavy atom. The fourth-order valence-corrected chi connectivity index (χ4v) is 3.78. The van der Waals surface area contributed by atoms with E-state index in [0.29, 0.717) is 0 Å². The van der Waals surface area contributed by atoms with Gasteiger partial charge in [0, 0.05) is 33.2 Å². The molecule has 0 aromatic heterocycles. The summed E-state index contributed by atoms with van der Waals surface area (Å²) >= 11 is 1.92. The first-order valence-electron chi connectivity index (χ1n) is 8.81. The van der Waals surface area contributed by atoms with Crippen LogP contribution in [0, 0.1) is 11.8 Å². The van der Waals surface area contributed by atoms with Crippen molar-refractivity contribution in [2.45, 2.75) is 39.5 Å². The molecule has 0 saturated carbocycles. The SMILES string of the molecule is CN=C(NCCCCSC)NCCCN1CC(C)CC(C)C1. The van der Waals surface area contributed by atoms with Crippen LogP contribution in [0.3, 0.4) is 0 Å². The maximum absolute atomic E-state index is 4.29. The van der Waals surface area contributed by atoms with Crippen LogP contribution >= 0.6 is 11.8 Å². The van der Waals surface area contributed by atoms with Gasteiger partial charge in [0.1, 0.15) is 0 Å². The summed E-state index contributed by atoms with van der Waals surface area (Å²) in [6.07, 6.45) is 7.23. The van der Waals surface area contributed by atoms with Gasteiger partial charge in [-0.25, -0.2) is 0 Å². The van der Waals surface area contributed by atoms with Crippen LogP contribution in [-0.2, 0) is 0 Å². The number of aliphatic imine (C=N–C) groups is 1. The molecule has 0 radical (unpaired) electrons. The monoisotopic (exact) mass is 328 g/mol. The lowest BCUT2D eigenvalue weighted by Crippen LogP contribution is -2.41. The number of nitrogens with zero attached hydrogens (tertiary/aromatic N) is 2. The predicted molar refractivity (Wildman–Crippen MR) is 101 cm³/mol. The van der Waals surface area contributed by atoms with E-state index >= 15 is 0 Å². The van der Waals surface area contributed by atoms with Crippen LogP contribution in [0.2, 0.25) is 0 Å². The molecule has 2 atom stereocenters. The predicted octanol–water partition coefficient (Wildman–Crippen LogP) is 2.66. The second kappa shape index (κ2) is 12.1. The van der Waals surface area contributed by atoms with Crippen LogP contribution in [0.15, 0.2) is 4.99 Å². The third-order valence-electron chi connectivity index (χ3n) is 4.18. The minimum absolute atomic E-state index is 0.854. The number of unbranched alkanes of at least 4 members (excludes halogenated alkanes) is 1. The van der Waals surface area contributed by atoms with Crippen molar-refractivity contribution in [3.63, 3.8) is 0 Å². The Kier molecular flexibility index (Phi) is 10.8. The molecule has 1 fully saturated rings. The zero-order valence-corrected chi connectivity index (χ0v) is 15.8. The molecule has 2 unspecified atom stereocenters. The third kappa shape index (κ3) is 8.89. The molecule has 1 saturated heterocycles. The van der Waals surface area contributed by atoms with Crippen LogP contribution in [0.5, 0.6) is 0 Å². The van der Waals surface area contributed by atoms with E-state index in [0.717, 1.165) is 30.9 Å². The summed E-state index contributed by atoms with van der Waals surface area (Å²) in [6, 6.07) is 0. The molecule has 4 nitrogen and oxygen atoms in total. The molecule has 1 aliphatic rings. The molecule has 1 heterocycles. The molecule has 1 rings (SSSR count). The van der Waals surface area contributed by atoms with E-state index in [9.17, 15) is 0 Å². The number of guanidine groups is 1. The molecule has 0 aromatic carbocycles. The van der Waals surface area contributed by atoms with Crippen LogP contribution in [-0.4, -0.2) is 62.6 Å². The highest BCUT2D eigenvalue weighted by Crippen LogP contribution is 2.20. The van der Waals surface area contributed by atoms with Crippen LogP contribution in [0.4, 0.5) is 0 Å². The highest BCUT2D eigenvalue weighted by atomic mass is 32.2. The second-order valence-corrected chi connectivity index (χ2v) is 7.67. The van der Waals surface area contributed by atoms with Gasteiger partial charge >= 0.3 is 0 Å². The van der Waals surface area contributed by atoms with E-state index in [1.54, 1.807) is 0 Å². The maximum atomic E-state index is 4.29. The Morgan fingerprint density at radius 3 is 2.32 bits per heavy atom. The van der Waals surface area contributed by atoms with E-state index in [1.165, 1.54) is 51.1 Å². The lowest BCUT2D eigenvalue weighted by atomic mass is 9.92. The zero-order valence-electron chi connectivity index (χ0n) is 15.0. The largest absolute Gasteiger partial charge is 0.356 e. The second-order valence-electron chi connectivity index (χ2n) is 6.68. The summed E-state index contributed by atoms with van der Waals surface area (Å²) in [5.41, 5.74) is 0. The van der Waals surface area contributed by atoms with E-state index in [4.69, 9.17) is 0 Å². The van der Waals surface area contributed by atoms with Gasteiger partial charge in [-0.15, -0.1) is 0 Å². The van der Waals surface area contributed by atoms with Crippen molar-refractivity contribution < 1.29 is 0 Å². The topological polar surface area (TPSA) is 39.7 Å². The minimum Gasteiger partial charge on any atom is -0.356 e. The van der Waals surface area contributed by atoms with Crippen molar-refractivity contribution >= 4 is 17.7 Å². The summed E-state index contributed by atoms with van der Waals surface area (Å²) in [4.78, 5) is 6.91. The first-order chi connectivity index (χ1) is 10.7. The number of hydrogen-bond donors (Lipinski definition) is 2. The summed E-state index contributed by atoms with van der Waals surface area (Å²) in [6.45, 7) is 10.5. The van der Waals surface area contributed by atoms with Crippen molar-refractivity contribution in [3.8, 4) is 0 Å². The molecule has 0 aliphatic carbocycles. The first kappa shape index (κ1) is 19.6. The lowest BCUT2D eigenvalue weighted by Gasteiger charge is -2.35. The standard InChI is InChI=1S/C17H36N4S/c1-15-12-16(2)14-21(13-15)10-7-9-20-17(18-3)19-8-5-6-11-22-4/h15-16H,5-14H2,1-4H3,(H2,18,19,20). The maximum Gasteiger partial charge on any atom is 0.190 e. The highest BCUT2D eigenvalue weighted by molar-refractivity contribution is 7.98. The molecule has 5 heteroatoms. The number of nitrogens with one attached hydrogen (secondary N) is 2. The summed E-state index contributed by atoms with van der Waals surface area (Å²) < 4.78 is 0. The molecule has 0 bridgehead atoms. The molecular formula is C17H36N4S. The van der Waals surface area contributed by atoms with Gasteiger partial charge in [-0.3, -0.25) is 4.99 Å². The zero-order chi connectivity index (χ0) is 16.2. The van der Waals surface area contributed by atoms with Gasteiger partial charge in [-0.2, -0.15) is 11.8 Å². The molecular weight excluding hydrogens is 292 g/mol. The molecule has 0 spiro atoms. The van der Waals surface area contributed by atoms with E-state index < -0.39 is 0 Å². The molecule has 22 heavy (non-hydrogen) atoms. The lowest BCUT2D eigenvalue weighted by molar-refractivity contribution is 0.140. The number of rotatable bonds is 9. The number of thioether (sulfide) groups is 1. The van der Waals surface area contributed by atoms with Crippen molar-refractivity contribution in [1.82, 2.24) is 15.5 Å². The van der Waals surface area contributed by atoms with E-state index in [2.05, 4.69) is 40.6 Å². The Hall–Kier alpha value is -0.420. The van der Waals surface area contributed by atoms with Crippen LogP contribution < -0.4 is 10.6 Å². The summed E-state index contributed by atoms with van der Waals surface area (Å²) in [7, 11) is 1.85. The molecule has 1 aliphatic heterocycles. The van der Waals surface area contributed by atoms with Crippen LogP contribution in [0.25, 0.3) is 0 Å². The number of likely N-dealkylation sites (tertiary alicyclic amines) is 1. The minimum atomic E-state index is 0.854. The summed E-state index contributed by atoms with van der Waals surface area (Å²) in [5.74, 6) is 3.91. The van der Waals surface area contributed by atoms with Gasteiger partial charge in [0.15, 0.2) is 5.96 Å². The van der Waals surface area contributed by atoms with E-state index in [1.807, 2.05) is 18.8 Å². The fraction of sp³-hybridized carbons (Fsp3) is 0.941.